The molecule has 1 N–H and O–H groups in total. The van der Waals surface area contributed by atoms with Crippen molar-refractivity contribution in [1.82, 2.24) is 0 Å². The number of hydrogen-bond acceptors (Lipinski definition) is 6. The number of benzene rings is 3. The smallest absolute Gasteiger partial charge is 0.338 e. The molecule has 0 saturated carbocycles. The first-order valence-corrected chi connectivity index (χ1v) is 10.8. The van der Waals surface area contributed by atoms with Crippen molar-refractivity contribution < 1.29 is 33.4 Å². The molecule has 0 spiro atoms. The molecular weight excluding hydrogens is 453 g/mol. The monoisotopic (exact) mass is 475 g/mol. The van der Waals surface area contributed by atoms with E-state index < -0.39 is 35.3 Å². The summed E-state index contributed by atoms with van der Waals surface area (Å²) >= 11 is 0. The lowest BCUT2D eigenvalue weighted by atomic mass is 9.95. The number of Topliss-reactive ketones (excluding diaryl/α,β-unsaturated/α-hetero) is 1. The van der Waals surface area contributed by atoms with Gasteiger partial charge in [0.15, 0.2) is 0 Å². The van der Waals surface area contributed by atoms with Crippen LogP contribution >= 0.6 is 0 Å². The van der Waals surface area contributed by atoms with Crippen LogP contribution in [-0.4, -0.2) is 36.5 Å². The van der Waals surface area contributed by atoms with Crippen molar-refractivity contribution in [2.24, 2.45) is 0 Å². The third kappa shape index (κ3) is 4.50. The molecule has 1 aliphatic heterocycles. The molecule has 4 rings (SSSR count). The molecule has 35 heavy (non-hydrogen) atoms. The lowest BCUT2D eigenvalue weighted by Crippen LogP contribution is -2.29. The number of ether oxygens (including phenoxy) is 2. The molecule has 0 unspecified atom stereocenters. The van der Waals surface area contributed by atoms with Crippen LogP contribution in [0.4, 0.5) is 10.1 Å². The first-order chi connectivity index (χ1) is 16.8. The molecular formula is C27H22FNO6. The molecule has 1 fully saturated rings. The third-order valence-electron chi connectivity index (χ3n) is 5.63. The summed E-state index contributed by atoms with van der Waals surface area (Å²) in [5.41, 5.74) is 0.979. The van der Waals surface area contributed by atoms with E-state index >= 15 is 0 Å². The Labute approximate surface area is 201 Å². The summed E-state index contributed by atoms with van der Waals surface area (Å²) < 4.78 is 24.3. The number of anilines is 1. The van der Waals surface area contributed by atoms with Crippen molar-refractivity contribution in [2.75, 3.05) is 18.6 Å². The second kappa shape index (κ2) is 9.80. The van der Waals surface area contributed by atoms with Crippen LogP contribution in [-0.2, 0) is 14.3 Å². The van der Waals surface area contributed by atoms with Gasteiger partial charge in [-0.1, -0.05) is 12.1 Å². The molecule has 178 valence electrons. The van der Waals surface area contributed by atoms with Crippen molar-refractivity contribution in [2.45, 2.75) is 13.0 Å². The van der Waals surface area contributed by atoms with E-state index in [1.807, 2.05) is 0 Å². The molecule has 1 heterocycles. The Hall–Kier alpha value is -4.46. The van der Waals surface area contributed by atoms with Gasteiger partial charge in [-0.05, 0) is 73.2 Å². The molecule has 0 radical (unpaired) electrons. The maximum Gasteiger partial charge on any atom is 0.338 e. The van der Waals surface area contributed by atoms with Crippen LogP contribution in [0.15, 0.2) is 78.4 Å². The Morgan fingerprint density at radius 3 is 2.26 bits per heavy atom. The molecule has 8 heteroatoms. The summed E-state index contributed by atoms with van der Waals surface area (Å²) in [6.45, 7) is 1.90. The minimum Gasteiger partial charge on any atom is -0.507 e. The highest BCUT2D eigenvalue weighted by atomic mass is 19.1. The van der Waals surface area contributed by atoms with E-state index in [9.17, 15) is 23.9 Å². The topological polar surface area (TPSA) is 93.1 Å². The number of halogens is 1. The van der Waals surface area contributed by atoms with Crippen LogP contribution in [0.1, 0.15) is 34.5 Å². The number of methoxy groups -OCH3 is 1. The Morgan fingerprint density at radius 1 is 1.00 bits per heavy atom. The van der Waals surface area contributed by atoms with Gasteiger partial charge < -0.3 is 14.6 Å². The number of aliphatic hydroxyl groups excluding tert-OH is 1. The zero-order chi connectivity index (χ0) is 25.1. The lowest BCUT2D eigenvalue weighted by molar-refractivity contribution is -0.132. The van der Waals surface area contributed by atoms with Gasteiger partial charge in [0.2, 0.25) is 0 Å². The number of rotatable bonds is 6. The van der Waals surface area contributed by atoms with Gasteiger partial charge in [0.05, 0.1) is 30.9 Å². The molecule has 7 nitrogen and oxygen atoms in total. The number of aliphatic hydroxyl groups is 1. The van der Waals surface area contributed by atoms with Gasteiger partial charge in [-0.15, -0.1) is 0 Å². The lowest BCUT2D eigenvalue weighted by Gasteiger charge is -2.25. The highest BCUT2D eigenvalue weighted by molar-refractivity contribution is 6.51. The summed E-state index contributed by atoms with van der Waals surface area (Å²) in [4.78, 5) is 39.5. The van der Waals surface area contributed by atoms with Crippen molar-refractivity contribution in [1.29, 1.82) is 0 Å². The fourth-order valence-electron chi connectivity index (χ4n) is 3.97. The van der Waals surface area contributed by atoms with Crippen LogP contribution in [0.25, 0.3) is 5.76 Å². The van der Waals surface area contributed by atoms with E-state index in [4.69, 9.17) is 9.47 Å². The highest BCUT2D eigenvalue weighted by Gasteiger charge is 2.47. The quantitative estimate of drug-likeness (QED) is 0.242. The minimum atomic E-state index is -1.10. The van der Waals surface area contributed by atoms with Gasteiger partial charge in [0.1, 0.15) is 17.3 Å². The van der Waals surface area contributed by atoms with Gasteiger partial charge in [0.25, 0.3) is 11.7 Å². The molecule has 0 bridgehead atoms. The third-order valence-corrected chi connectivity index (χ3v) is 5.63. The minimum absolute atomic E-state index is 0.180. The Kier molecular flexibility index (Phi) is 6.64. The first kappa shape index (κ1) is 23.7. The normalized spacial score (nSPS) is 16.9. The van der Waals surface area contributed by atoms with E-state index in [1.165, 1.54) is 54.5 Å². The number of ketones is 1. The summed E-state index contributed by atoms with van der Waals surface area (Å²) in [6, 6.07) is 16.6. The van der Waals surface area contributed by atoms with E-state index in [0.29, 0.717) is 22.6 Å². The molecule has 0 aromatic heterocycles. The number of esters is 1. The van der Waals surface area contributed by atoms with Gasteiger partial charge in [-0.25, -0.2) is 9.18 Å². The highest BCUT2D eigenvalue weighted by Crippen LogP contribution is 2.42. The predicted octanol–water partition coefficient (Wildman–Crippen LogP) is 4.64. The number of carbonyl (C=O) groups excluding carboxylic acids is 3. The van der Waals surface area contributed by atoms with Crippen LogP contribution in [0.5, 0.6) is 5.75 Å². The molecule has 1 saturated heterocycles. The zero-order valence-corrected chi connectivity index (χ0v) is 19.0. The number of amides is 1. The number of carbonyl (C=O) groups is 3. The number of hydrogen-bond donors (Lipinski definition) is 1. The largest absolute Gasteiger partial charge is 0.507 e. The van der Waals surface area contributed by atoms with Crippen molar-refractivity contribution in [3.63, 3.8) is 0 Å². The van der Waals surface area contributed by atoms with E-state index in [0.717, 1.165) is 0 Å². The van der Waals surface area contributed by atoms with Crippen LogP contribution in [0.3, 0.4) is 0 Å². The Balaban J connectivity index is 1.85. The Bertz CT molecular complexity index is 1310. The maximum absolute atomic E-state index is 14.2. The first-order valence-electron chi connectivity index (χ1n) is 10.8. The van der Waals surface area contributed by atoms with E-state index in [2.05, 4.69) is 0 Å². The predicted molar refractivity (Wildman–Crippen MR) is 127 cm³/mol. The SMILES string of the molecule is CCOC(=O)c1ccc(N2C(=O)C(=O)/C(=C(/O)c3ccc(OC)cc3)[C@H]2c2cccc(F)c2)cc1. The van der Waals surface area contributed by atoms with Gasteiger partial charge >= 0.3 is 5.97 Å². The number of nitrogens with zero attached hydrogens (tertiary/aromatic N) is 1. The van der Waals surface area contributed by atoms with Crippen LogP contribution in [0.2, 0.25) is 0 Å². The molecule has 1 aliphatic rings. The molecule has 3 aromatic rings. The molecule has 1 amide bonds. The Morgan fingerprint density at radius 2 is 1.66 bits per heavy atom. The summed E-state index contributed by atoms with van der Waals surface area (Å²) in [5.74, 6) is -2.74. The van der Waals surface area contributed by atoms with Crippen molar-refractivity contribution in [3.8, 4) is 5.75 Å². The van der Waals surface area contributed by atoms with E-state index in [-0.39, 0.29) is 17.7 Å². The van der Waals surface area contributed by atoms with Crippen molar-refractivity contribution >= 4 is 29.1 Å². The van der Waals surface area contributed by atoms with Gasteiger partial charge in [-0.3, -0.25) is 14.5 Å². The van der Waals surface area contributed by atoms with Gasteiger partial charge in [0, 0.05) is 11.3 Å². The summed E-state index contributed by atoms with van der Waals surface area (Å²) in [5, 5.41) is 11.1. The average Bonchev–Trinajstić information content (AvgIpc) is 3.14. The molecule has 1 atom stereocenters. The summed E-state index contributed by atoms with van der Waals surface area (Å²) in [6.07, 6.45) is 0. The van der Waals surface area contributed by atoms with Gasteiger partial charge in [-0.2, -0.15) is 0 Å². The average molecular weight is 475 g/mol. The zero-order valence-electron chi connectivity index (χ0n) is 19.0. The maximum atomic E-state index is 14.2. The second-order valence-corrected chi connectivity index (χ2v) is 7.72. The van der Waals surface area contributed by atoms with E-state index in [1.54, 1.807) is 37.3 Å². The van der Waals surface area contributed by atoms with Crippen LogP contribution in [0, 0.1) is 5.82 Å². The fraction of sp³-hybridized carbons (Fsp3) is 0.148. The fourth-order valence-corrected chi connectivity index (χ4v) is 3.97. The van der Waals surface area contributed by atoms with Crippen LogP contribution < -0.4 is 9.64 Å². The molecule has 0 aliphatic carbocycles. The molecule has 3 aromatic carbocycles. The second-order valence-electron chi connectivity index (χ2n) is 7.72. The summed E-state index contributed by atoms with van der Waals surface area (Å²) in [7, 11) is 1.50. The van der Waals surface area contributed by atoms with Crippen molar-refractivity contribution in [3.05, 3.63) is 101 Å². The standard InChI is InChI=1S/C27H22FNO6/c1-3-35-27(33)17-7-11-20(12-8-17)29-23(18-5-4-6-19(28)15-18)22(25(31)26(29)32)24(30)16-9-13-21(34-2)14-10-16/h4-15,23,30H,3H2,1-2H3/b24-22+/t23-/m1/s1.